The van der Waals surface area contributed by atoms with Crippen LogP contribution in [0, 0.1) is 12.8 Å². The van der Waals surface area contributed by atoms with Gasteiger partial charge < -0.3 is 10.6 Å². The van der Waals surface area contributed by atoms with Crippen LogP contribution in [0.25, 0.3) is 0 Å². The van der Waals surface area contributed by atoms with E-state index in [1.54, 1.807) is 12.1 Å². The van der Waals surface area contributed by atoms with E-state index < -0.39 is 0 Å². The van der Waals surface area contributed by atoms with Crippen LogP contribution < -0.4 is 10.6 Å². The Morgan fingerprint density at radius 2 is 1.58 bits per heavy atom. The molecule has 0 unspecified atom stereocenters. The number of piperazine rings is 1. The molecule has 2 aromatic rings. The minimum atomic E-state index is -0.158. The van der Waals surface area contributed by atoms with Gasteiger partial charge in [-0.25, -0.2) is 0 Å². The lowest BCUT2D eigenvalue weighted by molar-refractivity contribution is -0.117. The van der Waals surface area contributed by atoms with Gasteiger partial charge in [0.05, 0.1) is 17.8 Å². The summed E-state index contributed by atoms with van der Waals surface area (Å²) in [5.74, 6) is 0.126. The standard InChI is InChI=1S/C25H34N4O2/c1-19(2)16-26-25(31)22-10-6-7-11-23(22)27-24(30)18-29-14-12-28(13-15-29)17-21-9-5-4-8-20(21)3/h4-11,19H,12-18H2,1-3H3,(H,26,31)(H,27,30). The molecule has 0 spiro atoms. The van der Waals surface area contributed by atoms with Gasteiger partial charge in [-0.2, -0.15) is 0 Å². The molecular weight excluding hydrogens is 388 g/mol. The van der Waals surface area contributed by atoms with Crippen LogP contribution in [0.3, 0.4) is 0 Å². The van der Waals surface area contributed by atoms with Gasteiger partial charge in [-0.15, -0.1) is 0 Å². The van der Waals surface area contributed by atoms with Crippen molar-refractivity contribution in [1.82, 2.24) is 15.1 Å². The van der Waals surface area contributed by atoms with Gasteiger partial charge in [0, 0.05) is 39.3 Å². The lowest BCUT2D eigenvalue weighted by Crippen LogP contribution is -2.48. The van der Waals surface area contributed by atoms with Crippen LogP contribution in [0.5, 0.6) is 0 Å². The van der Waals surface area contributed by atoms with Crippen LogP contribution >= 0.6 is 0 Å². The summed E-state index contributed by atoms with van der Waals surface area (Å²) in [4.78, 5) is 29.7. The van der Waals surface area contributed by atoms with E-state index in [1.807, 2.05) is 12.1 Å². The van der Waals surface area contributed by atoms with Gasteiger partial charge in [-0.05, 0) is 36.1 Å². The molecule has 1 aliphatic rings. The van der Waals surface area contributed by atoms with Crippen LogP contribution in [-0.2, 0) is 11.3 Å². The van der Waals surface area contributed by atoms with E-state index >= 15 is 0 Å². The Morgan fingerprint density at radius 1 is 0.935 bits per heavy atom. The smallest absolute Gasteiger partial charge is 0.253 e. The van der Waals surface area contributed by atoms with E-state index in [-0.39, 0.29) is 11.8 Å². The van der Waals surface area contributed by atoms with E-state index in [4.69, 9.17) is 0 Å². The summed E-state index contributed by atoms with van der Waals surface area (Å²) in [5, 5.41) is 5.85. The molecule has 166 valence electrons. The number of hydrogen-bond donors (Lipinski definition) is 2. The first-order chi connectivity index (χ1) is 14.9. The van der Waals surface area contributed by atoms with Crippen LogP contribution in [-0.4, -0.2) is 60.9 Å². The molecule has 2 aromatic carbocycles. The maximum Gasteiger partial charge on any atom is 0.253 e. The van der Waals surface area contributed by atoms with E-state index in [2.05, 4.69) is 65.5 Å². The number of hydrogen-bond acceptors (Lipinski definition) is 4. The molecule has 0 aliphatic carbocycles. The first-order valence-corrected chi connectivity index (χ1v) is 11.1. The third-order valence-corrected chi connectivity index (χ3v) is 5.60. The predicted octanol–water partition coefficient (Wildman–Crippen LogP) is 3.14. The zero-order valence-corrected chi connectivity index (χ0v) is 18.9. The van der Waals surface area contributed by atoms with Gasteiger partial charge in [0.15, 0.2) is 0 Å². The van der Waals surface area contributed by atoms with Gasteiger partial charge in [-0.3, -0.25) is 19.4 Å². The molecule has 0 radical (unpaired) electrons. The number of aryl methyl sites for hydroxylation is 1. The number of anilines is 1. The highest BCUT2D eigenvalue weighted by Crippen LogP contribution is 2.16. The molecule has 1 aliphatic heterocycles. The first-order valence-electron chi connectivity index (χ1n) is 11.1. The molecule has 6 heteroatoms. The second-order valence-corrected chi connectivity index (χ2v) is 8.68. The lowest BCUT2D eigenvalue weighted by atomic mass is 10.1. The number of carbonyl (C=O) groups is 2. The molecule has 2 amide bonds. The van der Waals surface area contributed by atoms with Crippen molar-refractivity contribution >= 4 is 17.5 Å². The Morgan fingerprint density at radius 3 is 2.29 bits per heavy atom. The summed E-state index contributed by atoms with van der Waals surface area (Å²) < 4.78 is 0. The fourth-order valence-electron chi connectivity index (χ4n) is 3.71. The molecule has 6 nitrogen and oxygen atoms in total. The molecule has 3 rings (SSSR count). The van der Waals surface area contributed by atoms with Gasteiger partial charge in [0.2, 0.25) is 5.91 Å². The highest BCUT2D eigenvalue weighted by atomic mass is 16.2. The SMILES string of the molecule is Cc1ccccc1CN1CCN(CC(=O)Nc2ccccc2C(=O)NCC(C)C)CC1. The third kappa shape index (κ3) is 6.91. The van der Waals surface area contributed by atoms with Gasteiger partial charge in [0.1, 0.15) is 0 Å². The minimum Gasteiger partial charge on any atom is -0.352 e. The molecule has 1 heterocycles. The number of amides is 2. The topological polar surface area (TPSA) is 64.7 Å². The number of rotatable bonds is 8. The van der Waals surface area contributed by atoms with E-state index in [0.717, 1.165) is 32.7 Å². The van der Waals surface area contributed by atoms with Gasteiger partial charge >= 0.3 is 0 Å². The molecule has 0 atom stereocenters. The van der Waals surface area contributed by atoms with Crippen molar-refractivity contribution in [2.45, 2.75) is 27.3 Å². The Bertz CT molecular complexity index is 889. The third-order valence-electron chi connectivity index (χ3n) is 5.60. The summed E-state index contributed by atoms with van der Waals surface area (Å²) in [6.45, 7) is 11.7. The first kappa shape index (κ1) is 23.0. The number of benzene rings is 2. The average Bonchev–Trinajstić information content (AvgIpc) is 2.75. The number of carbonyl (C=O) groups excluding carboxylic acids is 2. The highest BCUT2D eigenvalue weighted by molar-refractivity contribution is 6.04. The Balaban J connectivity index is 1.49. The Labute approximate surface area is 185 Å². The van der Waals surface area contributed by atoms with Crippen molar-refractivity contribution in [3.05, 3.63) is 65.2 Å². The molecule has 0 saturated carbocycles. The second kappa shape index (κ2) is 11.1. The zero-order chi connectivity index (χ0) is 22.2. The van der Waals surface area contributed by atoms with Crippen molar-refractivity contribution in [2.75, 3.05) is 44.6 Å². The second-order valence-electron chi connectivity index (χ2n) is 8.68. The van der Waals surface area contributed by atoms with Gasteiger partial charge in [-0.1, -0.05) is 50.2 Å². The van der Waals surface area contributed by atoms with Crippen molar-refractivity contribution in [2.24, 2.45) is 5.92 Å². The highest BCUT2D eigenvalue weighted by Gasteiger charge is 2.20. The van der Waals surface area contributed by atoms with E-state index in [9.17, 15) is 9.59 Å². The van der Waals surface area contributed by atoms with Crippen molar-refractivity contribution in [3.63, 3.8) is 0 Å². The molecule has 0 bridgehead atoms. The van der Waals surface area contributed by atoms with E-state index in [1.165, 1.54) is 11.1 Å². The molecular formula is C25H34N4O2. The van der Waals surface area contributed by atoms with Crippen LogP contribution in [0.1, 0.15) is 35.3 Å². The van der Waals surface area contributed by atoms with E-state index in [0.29, 0.717) is 30.3 Å². The van der Waals surface area contributed by atoms with Crippen molar-refractivity contribution in [3.8, 4) is 0 Å². The molecule has 1 fully saturated rings. The summed E-state index contributed by atoms with van der Waals surface area (Å²) in [5.41, 5.74) is 3.74. The fourth-order valence-corrected chi connectivity index (χ4v) is 3.71. The fraction of sp³-hybridized carbons (Fsp3) is 0.440. The summed E-state index contributed by atoms with van der Waals surface area (Å²) in [6, 6.07) is 15.7. The molecule has 2 N–H and O–H groups in total. The zero-order valence-electron chi connectivity index (χ0n) is 18.9. The van der Waals surface area contributed by atoms with Crippen molar-refractivity contribution in [1.29, 1.82) is 0 Å². The quantitative estimate of drug-likeness (QED) is 0.686. The number of nitrogens with one attached hydrogen (secondary N) is 2. The van der Waals surface area contributed by atoms with Gasteiger partial charge in [0.25, 0.3) is 5.91 Å². The minimum absolute atomic E-state index is 0.0866. The summed E-state index contributed by atoms with van der Waals surface area (Å²) in [7, 11) is 0. The maximum atomic E-state index is 12.6. The molecule has 0 aromatic heterocycles. The monoisotopic (exact) mass is 422 g/mol. The molecule has 1 saturated heterocycles. The Hall–Kier alpha value is -2.70. The van der Waals surface area contributed by atoms with Crippen molar-refractivity contribution < 1.29 is 9.59 Å². The lowest BCUT2D eigenvalue weighted by Gasteiger charge is -2.34. The van der Waals surface area contributed by atoms with Crippen LogP contribution in [0.15, 0.2) is 48.5 Å². The molecule has 31 heavy (non-hydrogen) atoms. The normalized spacial score (nSPS) is 15.1. The van der Waals surface area contributed by atoms with Crippen LogP contribution in [0.4, 0.5) is 5.69 Å². The largest absolute Gasteiger partial charge is 0.352 e. The van der Waals surface area contributed by atoms with Crippen LogP contribution in [0.2, 0.25) is 0 Å². The number of nitrogens with zero attached hydrogens (tertiary/aromatic N) is 2. The average molecular weight is 423 g/mol. The number of para-hydroxylation sites is 1. The predicted molar refractivity (Wildman–Crippen MR) is 125 cm³/mol. The summed E-state index contributed by atoms with van der Waals surface area (Å²) >= 11 is 0. The maximum absolute atomic E-state index is 12.6. The summed E-state index contributed by atoms with van der Waals surface area (Å²) in [6.07, 6.45) is 0. The Kier molecular flexibility index (Phi) is 8.20.